The number of nitrogens with one attached hydrogen (secondary N) is 1. The SMILES string of the molecule is CNCc1ccc(N(C)CC(F)F)cc1Cl. The Labute approximate surface area is 99.2 Å². The fourth-order valence-corrected chi connectivity index (χ4v) is 1.66. The molecule has 1 aromatic rings. The number of nitrogens with zero attached hydrogens (tertiary/aromatic N) is 1. The molecule has 0 spiro atoms. The Morgan fingerprint density at radius 1 is 1.44 bits per heavy atom. The van der Waals surface area contributed by atoms with Gasteiger partial charge in [-0.2, -0.15) is 0 Å². The lowest BCUT2D eigenvalue weighted by atomic mass is 10.2. The van der Waals surface area contributed by atoms with Crippen LogP contribution in [0.4, 0.5) is 14.5 Å². The van der Waals surface area contributed by atoms with Gasteiger partial charge in [-0.3, -0.25) is 0 Å². The Balaban J connectivity index is 2.79. The second-order valence-electron chi connectivity index (χ2n) is 3.58. The lowest BCUT2D eigenvalue weighted by Gasteiger charge is -2.19. The molecule has 0 atom stereocenters. The summed E-state index contributed by atoms with van der Waals surface area (Å²) in [5, 5.41) is 3.58. The minimum atomic E-state index is -2.35. The fraction of sp³-hybridized carbons (Fsp3) is 0.455. The van der Waals surface area contributed by atoms with Crippen molar-refractivity contribution in [3.05, 3.63) is 28.8 Å². The maximum Gasteiger partial charge on any atom is 0.255 e. The van der Waals surface area contributed by atoms with Crippen molar-refractivity contribution in [1.82, 2.24) is 5.32 Å². The van der Waals surface area contributed by atoms with E-state index in [4.69, 9.17) is 11.6 Å². The zero-order chi connectivity index (χ0) is 12.1. The van der Waals surface area contributed by atoms with E-state index in [9.17, 15) is 8.78 Å². The molecule has 1 aromatic carbocycles. The van der Waals surface area contributed by atoms with Gasteiger partial charge < -0.3 is 10.2 Å². The molecule has 90 valence electrons. The molecule has 0 heterocycles. The smallest absolute Gasteiger partial charge is 0.255 e. The standard InChI is InChI=1S/C11H15ClF2N2/c1-15-6-8-3-4-9(5-10(8)12)16(2)7-11(13)14/h3-5,11,15H,6-7H2,1-2H3. The molecule has 16 heavy (non-hydrogen) atoms. The molecule has 5 heteroatoms. The van der Waals surface area contributed by atoms with E-state index in [-0.39, 0.29) is 6.54 Å². The van der Waals surface area contributed by atoms with Crippen LogP contribution in [0.1, 0.15) is 5.56 Å². The van der Waals surface area contributed by atoms with Crippen molar-refractivity contribution in [2.75, 3.05) is 25.5 Å². The van der Waals surface area contributed by atoms with Crippen molar-refractivity contribution >= 4 is 17.3 Å². The van der Waals surface area contributed by atoms with Crippen molar-refractivity contribution in [1.29, 1.82) is 0 Å². The minimum Gasteiger partial charge on any atom is -0.369 e. The number of halogens is 3. The minimum absolute atomic E-state index is 0.290. The van der Waals surface area contributed by atoms with E-state index in [1.165, 1.54) is 4.90 Å². The summed E-state index contributed by atoms with van der Waals surface area (Å²) in [6, 6.07) is 5.34. The second kappa shape index (κ2) is 6.01. The third-order valence-corrected chi connectivity index (χ3v) is 2.61. The molecule has 0 saturated heterocycles. The Kier molecular flexibility index (Phi) is 4.96. The van der Waals surface area contributed by atoms with Crippen LogP contribution in [0, 0.1) is 0 Å². The van der Waals surface area contributed by atoms with E-state index in [1.807, 2.05) is 13.1 Å². The highest BCUT2D eigenvalue weighted by molar-refractivity contribution is 6.31. The van der Waals surface area contributed by atoms with Crippen LogP contribution in [0.25, 0.3) is 0 Å². The predicted molar refractivity (Wildman–Crippen MR) is 63.5 cm³/mol. The first-order chi connectivity index (χ1) is 7.54. The summed E-state index contributed by atoms with van der Waals surface area (Å²) < 4.78 is 24.4. The van der Waals surface area contributed by atoms with Crippen molar-refractivity contribution in [3.63, 3.8) is 0 Å². The molecule has 0 amide bonds. The molecule has 0 aliphatic heterocycles. The summed E-state index contributed by atoms with van der Waals surface area (Å²) in [7, 11) is 3.45. The summed E-state index contributed by atoms with van der Waals surface area (Å²) in [6.07, 6.45) is -2.35. The van der Waals surface area contributed by atoms with Gasteiger partial charge in [0, 0.05) is 24.3 Å². The molecular formula is C11H15ClF2N2. The lowest BCUT2D eigenvalue weighted by Crippen LogP contribution is -2.24. The van der Waals surface area contributed by atoms with Crippen LogP contribution in [0.2, 0.25) is 5.02 Å². The van der Waals surface area contributed by atoms with E-state index in [1.54, 1.807) is 19.2 Å². The first-order valence-corrected chi connectivity index (χ1v) is 5.34. The van der Waals surface area contributed by atoms with Gasteiger partial charge in [0.2, 0.25) is 0 Å². The van der Waals surface area contributed by atoms with Gasteiger partial charge in [0.15, 0.2) is 0 Å². The predicted octanol–water partition coefficient (Wildman–Crippen LogP) is 2.76. The quantitative estimate of drug-likeness (QED) is 0.862. The van der Waals surface area contributed by atoms with Crippen molar-refractivity contribution in [3.8, 4) is 0 Å². The molecule has 0 saturated carbocycles. The largest absolute Gasteiger partial charge is 0.369 e. The number of hydrogen-bond donors (Lipinski definition) is 1. The Morgan fingerprint density at radius 2 is 2.12 bits per heavy atom. The molecule has 2 nitrogen and oxygen atoms in total. The van der Waals surface area contributed by atoms with Crippen LogP contribution >= 0.6 is 11.6 Å². The normalized spacial score (nSPS) is 10.9. The molecule has 0 aromatic heterocycles. The average Bonchev–Trinajstić information content (AvgIpc) is 2.20. The number of rotatable bonds is 5. The molecule has 0 bridgehead atoms. The summed E-state index contributed by atoms with van der Waals surface area (Å²) in [5.41, 5.74) is 1.66. The topological polar surface area (TPSA) is 15.3 Å². The number of alkyl halides is 2. The maximum atomic E-state index is 12.2. The van der Waals surface area contributed by atoms with Crippen LogP contribution in [0.3, 0.4) is 0 Å². The van der Waals surface area contributed by atoms with E-state index in [0.717, 1.165) is 5.56 Å². The fourth-order valence-electron chi connectivity index (χ4n) is 1.42. The molecule has 0 fully saturated rings. The van der Waals surface area contributed by atoms with Crippen molar-refractivity contribution < 1.29 is 8.78 Å². The zero-order valence-electron chi connectivity index (χ0n) is 9.30. The van der Waals surface area contributed by atoms with Gasteiger partial charge in [-0.15, -0.1) is 0 Å². The average molecular weight is 249 g/mol. The Bertz CT molecular complexity index is 345. The first kappa shape index (κ1) is 13.2. The molecule has 0 aliphatic rings. The van der Waals surface area contributed by atoms with E-state index in [2.05, 4.69) is 5.32 Å². The molecular weight excluding hydrogens is 234 g/mol. The van der Waals surface area contributed by atoms with Gasteiger partial charge in [0.05, 0.1) is 6.54 Å². The number of anilines is 1. The van der Waals surface area contributed by atoms with Gasteiger partial charge in [-0.1, -0.05) is 17.7 Å². The number of benzene rings is 1. The van der Waals surface area contributed by atoms with Gasteiger partial charge in [0.25, 0.3) is 6.43 Å². The summed E-state index contributed by atoms with van der Waals surface area (Å²) in [5.74, 6) is 0. The molecule has 0 aliphatic carbocycles. The zero-order valence-corrected chi connectivity index (χ0v) is 10.1. The summed E-state index contributed by atoms with van der Waals surface area (Å²) in [6.45, 7) is 0.374. The van der Waals surface area contributed by atoms with Gasteiger partial charge >= 0.3 is 0 Å². The van der Waals surface area contributed by atoms with E-state index >= 15 is 0 Å². The van der Waals surface area contributed by atoms with Crippen LogP contribution in [-0.4, -0.2) is 27.1 Å². The summed E-state index contributed by atoms with van der Waals surface area (Å²) in [4.78, 5) is 1.49. The highest BCUT2D eigenvalue weighted by Crippen LogP contribution is 2.23. The van der Waals surface area contributed by atoms with Crippen LogP contribution in [0.15, 0.2) is 18.2 Å². The number of hydrogen-bond acceptors (Lipinski definition) is 2. The Morgan fingerprint density at radius 3 is 2.62 bits per heavy atom. The lowest BCUT2D eigenvalue weighted by molar-refractivity contribution is 0.156. The van der Waals surface area contributed by atoms with Gasteiger partial charge in [-0.25, -0.2) is 8.78 Å². The van der Waals surface area contributed by atoms with Crippen molar-refractivity contribution in [2.24, 2.45) is 0 Å². The first-order valence-electron chi connectivity index (χ1n) is 4.97. The van der Waals surface area contributed by atoms with Gasteiger partial charge in [0.1, 0.15) is 0 Å². The third-order valence-electron chi connectivity index (χ3n) is 2.26. The molecule has 1 rings (SSSR count). The van der Waals surface area contributed by atoms with E-state index in [0.29, 0.717) is 17.3 Å². The summed E-state index contributed by atoms with van der Waals surface area (Å²) >= 11 is 6.03. The molecule has 1 N–H and O–H groups in total. The molecule has 0 radical (unpaired) electrons. The Hall–Kier alpha value is -0.870. The second-order valence-corrected chi connectivity index (χ2v) is 3.98. The highest BCUT2D eigenvalue weighted by atomic mass is 35.5. The van der Waals surface area contributed by atoms with Crippen LogP contribution < -0.4 is 10.2 Å². The van der Waals surface area contributed by atoms with E-state index < -0.39 is 6.43 Å². The third kappa shape index (κ3) is 3.61. The van der Waals surface area contributed by atoms with Crippen molar-refractivity contribution in [2.45, 2.75) is 13.0 Å². The molecule has 0 unspecified atom stereocenters. The van der Waals surface area contributed by atoms with Crippen LogP contribution in [-0.2, 0) is 6.54 Å². The highest BCUT2D eigenvalue weighted by Gasteiger charge is 2.09. The van der Waals surface area contributed by atoms with Crippen LogP contribution in [0.5, 0.6) is 0 Å². The maximum absolute atomic E-state index is 12.2. The monoisotopic (exact) mass is 248 g/mol. The van der Waals surface area contributed by atoms with Gasteiger partial charge in [-0.05, 0) is 24.7 Å².